The summed E-state index contributed by atoms with van der Waals surface area (Å²) in [4.78, 5) is 23.7. The minimum absolute atomic E-state index is 0.0190. The van der Waals surface area contributed by atoms with E-state index in [0.29, 0.717) is 0 Å². The largest absolute Gasteiger partial charge is 0.478 e. The van der Waals surface area contributed by atoms with Crippen LogP contribution >= 0.6 is 11.6 Å². The van der Waals surface area contributed by atoms with E-state index in [4.69, 9.17) is 16.7 Å². The first-order chi connectivity index (χ1) is 9.44. The van der Waals surface area contributed by atoms with Gasteiger partial charge in [0, 0.05) is 10.7 Å². The molecule has 0 atom stereocenters. The minimum Gasteiger partial charge on any atom is -0.478 e. The molecule has 0 unspecified atom stereocenters. The first-order valence-electron chi connectivity index (χ1n) is 5.30. The highest BCUT2D eigenvalue weighted by atomic mass is 35.5. The number of rotatable bonds is 3. The van der Waals surface area contributed by atoms with Crippen molar-refractivity contribution in [2.45, 2.75) is 0 Å². The Labute approximate surface area is 117 Å². The number of carbonyl (C=O) groups excluding carboxylic acids is 1. The van der Waals surface area contributed by atoms with Crippen LogP contribution in [0.3, 0.4) is 0 Å². The fourth-order valence-corrected chi connectivity index (χ4v) is 1.62. The van der Waals surface area contributed by atoms with Gasteiger partial charge in [-0.25, -0.2) is 9.59 Å². The quantitative estimate of drug-likeness (QED) is 0.782. The molecule has 10 heteroatoms. The molecule has 9 nitrogen and oxygen atoms in total. The van der Waals surface area contributed by atoms with Crippen molar-refractivity contribution >= 4 is 35.2 Å². The van der Waals surface area contributed by atoms with Gasteiger partial charge in [-0.1, -0.05) is 16.7 Å². The number of carboxylic acids is 1. The van der Waals surface area contributed by atoms with E-state index in [0.717, 1.165) is 0 Å². The summed E-state index contributed by atoms with van der Waals surface area (Å²) < 4.78 is 0. The zero-order chi connectivity index (χ0) is 14.7. The fourth-order valence-electron chi connectivity index (χ4n) is 1.38. The lowest BCUT2D eigenvalue weighted by molar-refractivity contribution is 0.0697. The summed E-state index contributed by atoms with van der Waals surface area (Å²) in [5.41, 5.74) is 0.196. The molecule has 0 bridgehead atoms. The average Bonchev–Trinajstić information content (AvgIpc) is 2.73. The van der Waals surface area contributed by atoms with Crippen LogP contribution < -0.4 is 10.6 Å². The van der Waals surface area contributed by atoms with Crippen LogP contribution in [-0.2, 0) is 7.05 Å². The number of amides is 2. The fraction of sp³-hybridized carbons (Fsp3) is 0.100. The molecule has 0 aliphatic heterocycles. The molecule has 0 aliphatic rings. The van der Waals surface area contributed by atoms with Crippen LogP contribution in [0.1, 0.15) is 10.4 Å². The molecule has 2 aromatic rings. The highest BCUT2D eigenvalue weighted by Crippen LogP contribution is 2.19. The standard InChI is InChI=1S/C10H9ClN6O3/c1-17-15-9(14-16-17)13-10(20)12-7-3-5(8(18)19)2-6(11)4-7/h2-4H,1H3,(H,18,19)(H2,12,13,15,20). The van der Waals surface area contributed by atoms with Crippen molar-refractivity contribution in [2.24, 2.45) is 7.05 Å². The van der Waals surface area contributed by atoms with Gasteiger partial charge < -0.3 is 10.4 Å². The molecule has 20 heavy (non-hydrogen) atoms. The van der Waals surface area contributed by atoms with Crippen LogP contribution in [-0.4, -0.2) is 37.3 Å². The molecule has 1 heterocycles. The summed E-state index contributed by atoms with van der Waals surface area (Å²) in [6.45, 7) is 0. The van der Waals surface area contributed by atoms with Gasteiger partial charge in [-0.15, -0.1) is 5.10 Å². The van der Waals surface area contributed by atoms with Crippen molar-refractivity contribution in [3.05, 3.63) is 28.8 Å². The SMILES string of the molecule is Cn1nnc(NC(=O)Nc2cc(Cl)cc(C(=O)O)c2)n1. The van der Waals surface area contributed by atoms with Gasteiger partial charge in [0.05, 0.1) is 12.6 Å². The summed E-state index contributed by atoms with van der Waals surface area (Å²) in [6, 6.07) is 3.32. The average molecular weight is 297 g/mol. The molecule has 2 rings (SSSR count). The highest BCUT2D eigenvalue weighted by Gasteiger charge is 2.10. The Morgan fingerprint density at radius 1 is 1.30 bits per heavy atom. The summed E-state index contributed by atoms with van der Waals surface area (Å²) >= 11 is 5.77. The van der Waals surface area contributed by atoms with Crippen LogP contribution in [0, 0.1) is 0 Å². The highest BCUT2D eigenvalue weighted by molar-refractivity contribution is 6.31. The Bertz CT molecular complexity index is 671. The van der Waals surface area contributed by atoms with E-state index < -0.39 is 12.0 Å². The minimum atomic E-state index is -1.15. The first-order valence-corrected chi connectivity index (χ1v) is 5.68. The normalized spacial score (nSPS) is 10.1. The number of halogens is 1. The van der Waals surface area contributed by atoms with E-state index in [9.17, 15) is 9.59 Å². The number of aryl methyl sites for hydroxylation is 1. The lowest BCUT2D eigenvalue weighted by Gasteiger charge is -2.06. The third-order valence-electron chi connectivity index (χ3n) is 2.14. The van der Waals surface area contributed by atoms with Crippen molar-refractivity contribution in [1.82, 2.24) is 20.2 Å². The summed E-state index contributed by atoms with van der Waals surface area (Å²) in [5.74, 6) is -1.13. The molecule has 0 saturated carbocycles. The number of nitrogens with one attached hydrogen (secondary N) is 2. The van der Waals surface area contributed by atoms with Crippen LogP contribution in [0.2, 0.25) is 5.02 Å². The van der Waals surface area contributed by atoms with Crippen molar-refractivity contribution in [3.63, 3.8) is 0 Å². The van der Waals surface area contributed by atoms with Gasteiger partial charge in [0.25, 0.3) is 5.95 Å². The molecule has 2 amide bonds. The summed E-state index contributed by atoms with van der Waals surface area (Å²) in [7, 11) is 1.55. The Morgan fingerprint density at radius 3 is 2.65 bits per heavy atom. The van der Waals surface area contributed by atoms with Crippen molar-refractivity contribution in [1.29, 1.82) is 0 Å². The lowest BCUT2D eigenvalue weighted by Crippen LogP contribution is -2.20. The molecule has 1 aromatic carbocycles. The lowest BCUT2D eigenvalue weighted by atomic mass is 10.2. The van der Waals surface area contributed by atoms with Crippen molar-refractivity contribution < 1.29 is 14.7 Å². The summed E-state index contributed by atoms with van der Waals surface area (Å²) in [6.07, 6.45) is 0. The number of aromatic nitrogens is 4. The van der Waals surface area contributed by atoms with Gasteiger partial charge in [0.1, 0.15) is 0 Å². The number of benzene rings is 1. The number of hydrogen-bond acceptors (Lipinski definition) is 5. The zero-order valence-corrected chi connectivity index (χ0v) is 10.9. The topological polar surface area (TPSA) is 122 Å². The van der Waals surface area contributed by atoms with Crippen LogP contribution in [0.5, 0.6) is 0 Å². The van der Waals surface area contributed by atoms with E-state index in [1.807, 2.05) is 0 Å². The van der Waals surface area contributed by atoms with Gasteiger partial charge >= 0.3 is 12.0 Å². The number of tetrazole rings is 1. The maximum absolute atomic E-state index is 11.7. The van der Waals surface area contributed by atoms with E-state index in [1.165, 1.54) is 23.0 Å². The smallest absolute Gasteiger partial charge is 0.335 e. The number of nitrogens with zero attached hydrogens (tertiary/aromatic N) is 4. The third kappa shape index (κ3) is 3.42. The Morgan fingerprint density at radius 2 is 2.05 bits per heavy atom. The molecule has 0 radical (unpaired) electrons. The van der Waals surface area contributed by atoms with Gasteiger partial charge in [0.15, 0.2) is 0 Å². The molecular weight excluding hydrogens is 288 g/mol. The number of aromatic carboxylic acids is 1. The summed E-state index contributed by atoms with van der Waals surface area (Å²) in [5, 5.41) is 24.7. The molecule has 104 valence electrons. The Balaban J connectivity index is 2.09. The molecular formula is C10H9ClN6O3. The number of carbonyl (C=O) groups is 2. The molecule has 0 aliphatic carbocycles. The number of urea groups is 1. The van der Waals surface area contributed by atoms with E-state index in [2.05, 4.69) is 26.0 Å². The van der Waals surface area contributed by atoms with Gasteiger partial charge in [0.2, 0.25) is 0 Å². The van der Waals surface area contributed by atoms with Gasteiger partial charge in [-0.05, 0) is 23.4 Å². The van der Waals surface area contributed by atoms with Crippen molar-refractivity contribution in [3.8, 4) is 0 Å². The maximum atomic E-state index is 11.7. The maximum Gasteiger partial charge on any atom is 0.335 e. The van der Waals surface area contributed by atoms with Gasteiger partial charge in [-0.2, -0.15) is 4.80 Å². The van der Waals surface area contributed by atoms with Crippen LogP contribution in [0.4, 0.5) is 16.4 Å². The van der Waals surface area contributed by atoms with E-state index >= 15 is 0 Å². The zero-order valence-electron chi connectivity index (χ0n) is 10.2. The Hall–Kier alpha value is -2.68. The molecule has 1 aromatic heterocycles. The van der Waals surface area contributed by atoms with Crippen LogP contribution in [0.15, 0.2) is 18.2 Å². The first kappa shape index (κ1) is 13.7. The monoisotopic (exact) mass is 296 g/mol. The number of hydrogen-bond donors (Lipinski definition) is 3. The number of anilines is 2. The van der Waals surface area contributed by atoms with E-state index in [-0.39, 0.29) is 22.2 Å². The molecule has 0 spiro atoms. The van der Waals surface area contributed by atoms with E-state index in [1.54, 1.807) is 7.05 Å². The van der Waals surface area contributed by atoms with Crippen LogP contribution in [0.25, 0.3) is 0 Å². The second kappa shape index (κ2) is 5.53. The molecule has 3 N–H and O–H groups in total. The third-order valence-corrected chi connectivity index (χ3v) is 2.35. The second-order valence-electron chi connectivity index (χ2n) is 3.72. The number of carboxylic acid groups (broad SMARTS) is 1. The predicted octanol–water partition coefficient (Wildman–Crippen LogP) is 1.21. The van der Waals surface area contributed by atoms with Gasteiger partial charge in [-0.3, -0.25) is 5.32 Å². The van der Waals surface area contributed by atoms with Crippen molar-refractivity contribution in [2.75, 3.05) is 10.6 Å². The Kier molecular flexibility index (Phi) is 3.80. The molecule has 0 fully saturated rings. The molecule has 0 saturated heterocycles. The predicted molar refractivity (Wildman–Crippen MR) is 69.9 cm³/mol. The second-order valence-corrected chi connectivity index (χ2v) is 4.15.